The van der Waals surface area contributed by atoms with E-state index in [9.17, 15) is 4.79 Å². The molecule has 2 aliphatic rings. The molecule has 2 fully saturated rings. The van der Waals surface area contributed by atoms with Crippen molar-refractivity contribution >= 4 is 5.91 Å². The third-order valence-electron chi connectivity index (χ3n) is 3.94. The van der Waals surface area contributed by atoms with Gasteiger partial charge >= 0.3 is 0 Å². The molecule has 0 spiro atoms. The topological polar surface area (TPSA) is 45.9 Å². The highest BCUT2D eigenvalue weighted by molar-refractivity contribution is 5.78. The maximum atomic E-state index is 12.3. The van der Waals surface area contributed by atoms with Gasteiger partial charge in [0.2, 0.25) is 5.91 Å². The Hall–Kier alpha value is -1.33. The molecule has 0 aliphatic carbocycles. The van der Waals surface area contributed by atoms with Gasteiger partial charge in [0.1, 0.15) is 5.76 Å². The Bertz CT molecular complexity index is 412. The molecule has 3 heterocycles. The highest BCUT2D eigenvalue weighted by atomic mass is 16.5. The van der Waals surface area contributed by atoms with Crippen molar-refractivity contribution in [3.8, 4) is 0 Å². The Labute approximate surface area is 113 Å². The van der Waals surface area contributed by atoms with Crippen molar-refractivity contribution in [2.45, 2.75) is 18.9 Å². The lowest BCUT2D eigenvalue weighted by Gasteiger charge is -2.30. The summed E-state index contributed by atoms with van der Waals surface area (Å²) in [4.78, 5) is 16.4. The van der Waals surface area contributed by atoms with E-state index < -0.39 is 0 Å². The normalized spacial score (nSPS) is 24.8. The van der Waals surface area contributed by atoms with Gasteiger partial charge in [0.25, 0.3) is 0 Å². The lowest BCUT2D eigenvalue weighted by molar-refractivity contribution is -0.136. The van der Waals surface area contributed by atoms with Crippen LogP contribution in [0.1, 0.15) is 24.6 Å². The van der Waals surface area contributed by atoms with Crippen molar-refractivity contribution in [3.63, 3.8) is 0 Å². The second-order valence-corrected chi connectivity index (χ2v) is 5.14. The van der Waals surface area contributed by atoms with E-state index in [-0.39, 0.29) is 11.9 Å². The van der Waals surface area contributed by atoms with Gasteiger partial charge in [-0.25, -0.2) is 0 Å². The molecule has 0 saturated carbocycles. The van der Waals surface area contributed by atoms with E-state index in [1.54, 1.807) is 6.26 Å². The van der Waals surface area contributed by atoms with Crippen molar-refractivity contribution in [1.29, 1.82) is 0 Å². The van der Waals surface area contributed by atoms with Crippen molar-refractivity contribution in [3.05, 3.63) is 24.2 Å². The van der Waals surface area contributed by atoms with Crippen LogP contribution in [-0.4, -0.2) is 55.1 Å². The fourth-order valence-electron chi connectivity index (χ4n) is 2.90. The Morgan fingerprint density at radius 1 is 1.32 bits per heavy atom. The fraction of sp³-hybridized carbons (Fsp3) is 0.643. The highest BCUT2D eigenvalue weighted by Crippen LogP contribution is 2.31. The minimum atomic E-state index is 0.210. The molecular weight excluding hydrogens is 244 g/mol. The predicted octanol–water partition coefficient (Wildman–Crippen LogP) is 1.28. The van der Waals surface area contributed by atoms with Gasteiger partial charge in [-0.2, -0.15) is 0 Å². The van der Waals surface area contributed by atoms with Crippen LogP contribution in [0.25, 0.3) is 0 Å². The molecule has 104 valence electrons. The first-order chi connectivity index (χ1) is 9.34. The van der Waals surface area contributed by atoms with Gasteiger partial charge in [-0.1, -0.05) is 0 Å². The lowest BCUT2D eigenvalue weighted by Crippen LogP contribution is -2.45. The molecule has 1 amide bonds. The second kappa shape index (κ2) is 5.75. The molecule has 1 aromatic heterocycles. The molecule has 0 radical (unpaired) electrons. The quantitative estimate of drug-likeness (QED) is 0.825. The summed E-state index contributed by atoms with van der Waals surface area (Å²) in [6.07, 6.45) is 3.90. The summed E-state index contributed by atoms with van der Waals surface area (Å²) >= 11 is 0. The first-order valence-electron chi connectivity index (χ1n) is 6.97. The van der Waals surface area contributed by atoms with Crippen LogP contribution in [0, 0.1) is 0 Å². The number of ether oxygens (including phenoxy) is 1. The third kappa shape index (κ3) is 2.82. The summed E-state index contributed by atoms with van der Waals surface area (Å²) in [6.45, 7) is 4.23. The monoisotopic (exact) mass is 264 g/mol. The number of hydrogen-bond donors (Lipinski definition) is 0. The van der Waals surface area contributed by atoms with E-state index in [1.165, 1.54) is 0 Å². The number of amides is 1. The molecule has 0 aromatic carbocycles. The standard InChI is InChI=1S/C14H20N2O3/c17-14(15-6-9-18-10-7-15)11-16-5-1-3-12(16)13-4-2-8-19-13/h2,4,8,12H,1,3,5-7,9-11H2. The molecule has 0 N–H and O–H groups in total. The highest BCUT2D eigenvalue weighted by Gasteiger charge is 2.30. The minimum Gasteiger partial charge on any atom is -0.468 e. The lowest BCUT2D eigenvalue weighted by atomic mass is 10.1. The van der Waals surface area contributed by atoms with Crippen LogP contribution < -0.4 is 0 Å². The van der Waals surface area contributed by atoms with Gasteiger partial charge in [0.15, 0.2) is 0 Å². The molecule has 2 saturated heterocycles. The van der Waals surface area contributed by atoms with E-state index in [1.807, 2.05) is 17.0 Å². The average molecular weight is 264 g/mol. The van der Waals surface area contributed by atoms with Gasteiger partial charge < -0.3 is 14.1 Å². The molecule has 1 unspecified atom stereocenters. The Morgan fingerprint density at radius 2 is 2.16 bits per heavy atom. The number of furan rings is 1. The molecule has 19 heavy (non-hydrogen) atoms. The summed E-state index contributed by atoms with van der Waals surface area (Å²) in [5.74, 6) is 1.19. The van der Waals surface area contributed by atoms with E-state index in [4.69, 9.17) is 9.15 Å². The van der Waals surface area contributed by atoms with E-state index in [0.717, 1.165) is 38.2 Å². The Balaban J connectivity index is 1.60. The van der Waals surface area contributed by atoms with Crippen molar-refractivity contribution in [2.24, 2.45) is 0 Å². The van der Waals surface area contributed by atoms with E-state index >= 15 is 0 Å². The first-order valence-corrected chi connectivity index (χ1v) is 6.97. The van der Waals surface area contributed by atoms with Crippen LogP contribution in [0.2, 0.25) is 0 Å². The van der Waals surface area contributed by atoms with Crippen LogP contribution >= 0.6 is 0 Å². The van der Waals surface area contributed by atoms with Crippen LogP contribution in [0.15, 0.2) is 22.8 Å². The van der Waals surface area contributed by atoms with Crippen LogP contribution in [0.5, 0.6) is 0 Å². The number of likely N-dealkylation sites (tertiary alicyclic amines) is 1. The molecule has 0 bridgehead atoms. The van der Waals surface area contributed by atoms with Gasteiger partial charge in [-0.3, -0.25) is 9.69 Å². The van der Waals surface area contributed by atoms with E-state index in [0.29, 0.717) is 19.8 Å². The van der Waals surface area contributed by atoms with Gasteiger partial charge in [-0.15, -0.1) is 0 Å². The molecule has 1 aromatic rings. The number of carbonyl (C=O) groups excluding carboxylic acids is 1. The van der Waals surface area contributed by atoms with Gasteiger partial charge in [0, 0.05) is 13.1 Å². The van der Waals surface area contributed by atoms with Crippen LogP contribution in [-0.2, 0) is 9.53 Å². The van der Waals surface area contributed by atoms with Crippen molar-refractivity contribution < 1.29 is 13.9 Å². The summed E-state index contributed by atoms with van der Waals surface area (Å²) < 4.78 is 10.8. The summed E-state index contributed by atoms with van der Waals surface area (Å²) in [7, 11) is 0. The fourth-order valence-corrected chi connectivity index (χ4v) is 2.90. The zero-order valence-electron chi connectivity index (χ0n) is 11.1. The largest absolute Gasteiger partial charge is 0.468 e. The SMILES string of the molecule is O=C(CN1CCCC1c1ccco1)N1CCOCC1. The zero-order valence-corrected chi connectivity index (χ0v) is 11.1. The molecule has 2 aliphatic heterocycles. The van der Waals surface area contributed by atoms with Gasteiger partial charge in [-0.05, 0) is 31.5 Å². The van der Waals surface area contributed by atoms with Crippen molar-refractivity contribution in [1.82, 2.24) is 9.80 Å². The molecule has 3 rings (SSSR count). The summed E-state index contributed by atoms with van der Waals surface area (Å²) in [5, 5.41) is 0. The molecule has 5 heteroatoms. The minimum absolute atomic E-state index is 0.210. The molecular formula is C14H20N2O3. The third-order valence-corrected chi connectivity index (χ3v) is 3.94. The van der Waals surface area contributed by atoms with Crippen molar-refractivity contribution in [2.75, 3.05) is 39.4 Å². The van der Waals surface area contributed by atoms with Crippen LogP contribution in [0.3, 0.4) is 0 Å². The number of carbonyl (C=O) groups is 1. The van der Waals surface area contributed by atoms with Gasteiger partial charge in [0.05, 0.1) is 32.1 Å². The average Bonchev–Trinajstić information content (AvgIpc) is 3.10. The maximum absolute atomic E-state index is 12.3. The number of hydrogen-bond acceptors (Lipinski definition) is 4. The molecule has 1 atom stereocenters. The number of rotatable bonds is 3. The van der Waals surface area contributed by atoms with Crippen LogP contribution in [0.4, 0.5) is 0 Å². The Morgan fingerprint density at radius 3 is 2.89 bits per heavy atom. The summed E-state index contributed by atoms with van der Waals surface area (Å²) in [6, 6.07) is 4.18. The van der Waals surface area contributed by atoms with E-state index in [2.05, 4.69) is 4.90 Å². The number of morpholine rings is 1. The Kier molecular flexibility index (Phi) is 3.84. The second-order valence-electron chi connectivity index (χ2n) is 5.14. The summed E-state index contributed by atoms with van der Waals surface area (Å²) in [5.41, 5.74) is 0. The maximum Gasteiger partial charge on any atom is 0.236 e. The number of nitrogens with zero attached hydrogens (tertiary/aromatic N) is 2. The zero-order chi connectivity index (χ0) is 13.1. The molecule has 5 nitrogen and oxygen atoms in total. The first kappa shape index (κ1) is 12.7. The predicted molar refractivity (Wildman–Crippen MR) is 69.7 cm³/mol. The smallest absolute Gasteiger partial charge is 0.236 e.